The van der Waals surface area contributed by atoms with E-state index in [1.54, 1.807) is 12.3 Å². The second-order valence-corrected chi connectivity index (χ2v) is 3.46. The monoisotopic (exact) mass is 255 g/mol. The molecule has 2 aromatic rings. The van der Waals surface area contributed by atoms with E-state index in [0.717, 1.165) is 9.99 Å². The summed E-state index contributed by atoms with van der Waals surface area (Å²) in [7, 11) is 1.33. The minimum absolute atomic E-state index is 0.404. The molecule has 0 atom stereocenters. The number of rotatable bonds is 1. The van der Waals surface area contributed by atoms with E-state index in [1.807, 2.05) is 0 Å². The number of carbonyl (C=O) groups is 1. The molecule has 72 valence electrons. The largest absolute Gasteiger partial charge is 0.465 e. The lowest BCUT2D eigenvalue weighted by Crippen LogP contribution is -2.04. The number of carbonyl (C=O) groups excluding carboxylic acids is 1. The molecule has 0 aliphatic rings. The normalized spacial score (nSPS) is 10.4. The Morgan fingerprint density at radius 1 is 1.50 bits per heavy atom. The fourth-order valence-corrected chi connectivity index (χ4v) is 1.44. The molecule has 0 aliphatic heterocycles. The fraction of sp³-hybridized carbons (Fsp3) is 0.125. The third kappa shape index (κ3) is 1.37. The van der Waals surface area contributed by atoms with Gasteiger partial charge in [-0.25, -0.2) is 4.79 Å². The molecule has 0 saturated heterocycles. The van der Waals surface area contributed by atoms with E-state index in [0.29, 0.717) is 5.56 Å². The summed E-state index contributed by atoms with van der Waals surface area (Å²) in [6.45, 7) is 0. The highest BCUT2D eigenvalue weighted by atomic mass is 79.9. The highest BCUT2D eigenvalue weighted by Crippen LogP contribution is 2.17. The number of esters is 1. The van der Waals surface area contributed by atoms with Crippen molar-refractivity contribution in [1.29, 1.82) is 0 Å². The van der Waals surface area contributed by atoms with Gasteiger partial charge in [0.05, 0.1) is 29.5 Å². The predicted octanol–water partition coefficient (Wildman–Crippen LogP) is 1.28. The van der Waals surface area contributed by atoms with Gasteiger partial charge in [-0.2, -0.15) is 14.8 Å². The van der Waals surface area contributed by atoms with Crippen LogP contribution in [0.15, 0.2) is 22.9 Å². The molecule has 0 radical (unpaired) electrons. The Morgan fingerprint density at radius 3 is 2.93 bits per heavy atom. The van der Waals surface area contributed by atoms with Crippen molar-refractivity contribution in [3.05, 3.63) is 28.5 Å². The molecule has 0 bridgehead atoms. The van der Waals surface area contributed by atoms with Crippen molar-refractivity contribution < 1.29 is 9.53 Å². The van der Waals surface area contributed by atoms with Crippen LogP contribution in [0, 0.1) is 0 Å². The molecule has 14 heavy (non-hydrogen) atoms. The van der Waals surface area contributed by atoms with Crippen LogP contribution in [-0.2, 0) is 4.74 Å². The molecule has 6 heteroatoms. The van der Waals surface area contributed by atoms with Gasteiger partial charge in [0.15, 0.2) is 0 Å². The van der Waals surface area contributed by atoms with E-state index in [4.69, 9.17) is 0 Å². The number of fused-ring (bicyclic) bond motifs is 1. The topological polar surface area (TPSA) is 56.5 Å². The number of nitrogens with zero attached hydrogens (tertiary/aromatic N) is 3. The number of aromatic nitrogens is 3. The van der Waals surface area contributed by atoms with Gasteiger partial charge in [0.2, 0.25) is 0 Å². The smallest absolute Gasteiger partial charge is 0.339 e. The Balaban J connectivity index is 2.60. The first-order chi connectivity index (χ1) is 6.72. The molecule has 0 unspecified atom stereocenters. The lowest BCUT2D eigenvalue weighted by Gasteiger charge is -1.98. The summed E-state index contributed by atoms with van der Waals surface area (Å²) >= 11 is 3.30. The maximum atomic E-state index is 11.2. The summed E-state index contributed by atoms with van der Waals surface area (Å²) in [6.07, 6.45) is 3.03. The zero-order chi connectivity index (χ0) is 10.1. The Hall–Kier alpha value is -1.43. The van der Waals surface area contributed by atoms with Crippen LogP contribution >= 0.6 is 15.9 Å². The number of hydrogen-bond acceptors (Lipinski definition) is 4. The van der Waals surface area contributed by atoms with Crippen molar-refractivity contribution in [2.75, 3.05) is 7.11 Å². The molecule has 0 spiro atoms. The first kappa shape index (κ1) is 9.14. The third-order valence-corrected chi connectivity index (χ3v) is 2.37. The van der Waals surface area contributed by atoms with Crippen molar-refractivity contribution in [3.63, 3.8) is 0 Å². The standard InChI is InChI=1S/C8H6BrN3O2/c1-14-8(13)5-2-7-6(9)4-11-12(7)10-3-5/h2-4H,1H3. The summed E-state index contributed by atoms with van der Waals surface area (Å²) in [5, 5.41) is 7.90. The van der Waals surface area contributed by atoms with E-state index in [-0.39, 0.29) is 0 Å². The van der Waals surface area contributed by atoms with Crippen LogP contribution in [-0.4, -0.2) is 27.9 Å². The van der Waals surface area contributed by atoms with Gasteiger partial charge < -0.3 is 4.74 Å². The molecule has 2 heterocycles. The van der Waals surface area contributed by atoms with Gasteiger partial charge in [-0.15, -0.1) is 0 Å². The Labute approximate surface area is 87.8 Å². The van der Waals surface area contributed by atoms with Crippen LogP contribution in [0.4, 0.5) is 0 Å². The van der Waals surface area contributed by atoms with Crippen LogP contribution in [0.25, 0.3) is 5.52 Å². The highest BCUT2D eigenvalue weighted by Gasteiger charge is 2.09. The average Bonchev–Trinajstić information content (AvgIpc) is 2.59. The lowest BCUT2D eigenvalue weighted by molar-refractivity contribution is 0.0600. The fourth-order valence-electron chi connectivity index (χ4n) is 1.08. The molecular formula is C8H6BrN3O2. The van der Waals surface area contributed by atoms with Crippen LogP contribution in [0.2, 0.25) is 0 Å². The van der Waals surface area contributed by atoms with E-state index in [1.165, 1.54) is 17.9 Å². The Bertz CT molecular complexity index is 494. The van der Waals surface area contributed by atoms with Crippen LogP contribution in [0.3, 0.4) is 0 Å². The Morgan fingerprint density at radius 2 is 2.21 bits per heavy atom. The summed E-state index contributed by atoms with van der Waals surface area (Å²) in [6, 6.07) is 1.66. The SMILES string of the molecule is COC(=O)c1cnn2ncc(Br)c2c1. The number of hydrogen-bond donors (Lipinski definition) is 0. The van der Waals surface area contributed by atoms with Crippen molar-refractivity contribution >= 4 is 27.4 Å². The minimum atomic E-state index is -0.409. The predicted molar refractivity (Wildman–Crippen MR) is 52.0 cm³/mol. The van der Waals surface area contributed by atoms with Gasteiger partial charge in [-0.1, -0.05) is 0 Å². The van der Waals surface area contributed by atoms with E-state index in [2.05, 4.69) is 30.9 Å². The van der Waals surface area contributed by atoms with Crippen molar-refractivity contribution in [1.82, 2.24) is 14.8 Å². The van der Waals surface area contributed by atoms with Crippen LogP contribution in [0.1, 0.15) is 10.4 Å². The average molecular weight is 256 g/mol. The Kier molecular flexibility index (Phi) is 2.20. The molecule has 0 aliphatic carbocycles. The minimum Gasteiger partial charge on any atom is -0.465 e. The summed E-state index contributed by atoms with van der Waals surface area (Å²) in [5.41, 5.74) is 1.13. The van der Waals surface area contributed by atoms with E-state index >= 15 is 0 Å². The number of ether oxygens (including phenoxy) is 1. The van der Waals surface area contributed by atoms with Gasteiger partial charge in [0, 0.05) is 0 Å². The molecule has 0 fully saturated rings. The molecule has 2 rings (SSSR count). The zero-order valence-electron chi connectivity index (χ0n) is 7.27. The first-order valence-electron chi connectivity index (χ1n) is 3.80. The number of halogens is 1. The summed E-state index contributed by atoms with van der Waals surface area (Å²) in [5.74, 6) is -0.409. The molecular weight excluding hydrogens is 250 g/mol. The molecule has 0 saturated carbocycles. The van der Waals surface area contributed by atoms with Gasteiger partial charge in [-0.3, -0.25) is 0 Å². The summed E-state index contributed by atoms with van der Waals surface area (Å²) in [4.78, 5) is 11.2. The van der Waals surface area contributed by atoms with Crippen molar-refractivity contribution in [2.45, 2.75) is 0 Å². The summed E-state index contributed by atoms with van der Waals surface area (Å²) < 4.78 is 6.79. The molecule has 0 N–H and O–H groups in total. The van der Waals surface area contributed by atoms with Crippen LogP contribution < -0.4 is 0 Å². The number of methoxy groups -OCH3 is 1. The quantitative estimate of drug-likeness (QED) is 0.721. The molecule has 0 amide bonds. The zero-order valence-corrected chi connectivity index (χ0v) is 8.85. The van der Waals surface area contributed by atoms with Crippen molar-refractivity contribution in [2.24, 2.45) is 0 Å². The maximum Gasteiger partial charge on any atom is 0.339 e. The van der Waals surface area contributed by atoms with Gasteiger partial charge >= 0.3 is 5.97 Å². The van der Waals surface area contributed by atoms with E-state index < -0.39 is 5.97 Å². The molecule has 5 nitrogen and oxygen atoms in total. The molecule has 2 aromatic heterocycles. The maximum absolute atomic E-state index is 11.2. The van der Waals surface area contributed by atoms with Gasteiger partial charge in [-0.05, 0) is 22.0 Å². The third-order valence-electron chi connectivity index (χ3n) is 1.76. The van der Waals surface area contributed by atoms with Crippen LogP contribution in [0.5, 0.6) is 0 Å². The second-order valence-electron chi connectivity index (χ2n) is 2.60. The van der Waals surface area contributed by atoms with Gasteiger partial charge in [0.25, 0.3) is 0 Å². The van der Waals surface area contributed by atoms with Gasteiger partial charge in [0.1, 0.15) is 5.52 Å². The lowest BCUT2D eigenvalue weighted by atomic mass is 10.3. The van der Waals surface area contributed by atoms with E-state index in [9.17, 15) is 4.79 Å². The first-order valence-corrected chi connectivity index (χ1v) is 4.59. The second kappa shape index (κ2) is 3.38. The highest BCUT2D eigenvalue weighted by molar-refractivity contribution is 9.10. The van der Waals surface area contributed by atoms with Crippen molar-refractivity contribution in [3.8, 4) is 0 Å². The molecule has 0 aromatic carbocycles.